The van der Waals surface area contributed by atoms with Crippen LogP contribution in [0.25, 0.3) is 0 Å². The minimum absolute atomic E-state index is 0.0285. The van der Waals surface area contributed by atoms with Crippen molar-refractivity contribution in [1.82, 2.24) is 14.5 Å². The summed E-state index contributed by atoms with van der Waals surface area (Å²) >= 11 is 1.64. The molecule has 1 saturated heterocycles. The number of sulfonamides is 1. The third-order valence-electron chi connectivity index (χ3n) is 5.02. The van der Waals surface area contributed by atoms with Crippen LogP contribution in [0.2, 0.25) is 0 Å². The van der Waals surface area contributed by atoms with Crippen LogP contribution in [0, 0.1) is 5.82 Å². The molecular formula is C19H26FN3O2S2. The largest absolute Gasteiger partial charge is 0.301 e. The van der Waals surface area contributed by atoms with Gasteiger partial charge in [0.2, 0.25) is 10.0 Å². The van der Waals surface area contributed by atoms with Crippen LogP contribution < -0.4 is 4.72 Å². The van der Waals surface area contributed by atoms with Gasteiger partial charge in [-0.05, 0) is 49.2 Å². The Morgan fingerprint density at radius 2 is 1.81 bits per heavy atom. The molecule has 0 unspecified atom stereocenters. The summed E-state index contributed by atoms with van der Waals surface area (Å²) in [7, 11) is -3.72. The summed E-state index contributed by atoms with van der Waals surface area (Å²) in [6, 6.07) is 8.64. The Morgan fingerprint density at radius 3 is 2.37 bits per heavy atom. The van der Waals surface area contributed by atoms with E-state index >= 15 is 0 Å². The number of thiophene rings is 1. The van der Waals surface area contributed by atoms with E-state index in [2.05, 4.69) is 27.5 Å². The first-order chi connectivity index (χ1) is 12.9. The predicted molar refractivity (Wildman–Crippen MR) is 107 cm³/mol. The lowest BCUT2D eigenvalue weighted by Gasteiger charge is -2.41. The van der Waals surface area contributed by atoms with Crippen molar-refractivity contribution in [3.8, 4) is 0 Å². The Morgan fingerprint density at radius 1 is 1.15 bits per heavy atom. The van der Waals surface area contributed by atoms with Crippen LogP contribution in [-0.2, 0) is 10.0 Å². The van der Waals surface area contributed by atoms with Gasteiger partial charge in [0.05, 0.1) is 10.9 Å². The van der Waals surface area contributed by atoms with Gasteiger partial charge in [0.15, 0.2) is 0 Å². The third kappa shape index (κ3) is 4.94. The minimum Gasteiger partial charge on any atom is -0.301 e. The van der Waals surface area contributed by atoms with Crippen LogP contribution in [0.5, 0.6) is 0 Å². The molecule has 1 aromatic heterocycles. The number of piperazine rings is 1. The number of nitrogens with one attached hydrogen (secondary N) is 1. The minimum atomic E-state index is -3.72. The van der Waals surface area contributed by atoms with Gasteiger partial charge in [-0.25, -0.2) is 17.5 Å². The number of halogens is 1. The molecule has 1 aromatic carbocycles. The predicted octanol–water partition coefficient (Wildman–Crippen LogP) is 2.93. The first-order valence-corrected chi connectivity index (χ1v) is 11.5. The summed E-state index contributed by atoms with van der Waals surface area (Å²) < 4.78 is 41.4. The van der Waals surface area contributed by atoms with Crippen molar-refractivity contribution >= 4 is 21.4 Å². The highest BCUT2D eigenvalue weighted by Gasteiger charge is 2.32. The number of nitrogens with zero attached hydrogens (tertiary/aromatic N) is 2. The summed E-state index contributed by atoms with van der Waals surface area (Å²) in [5.41, 5.74) is 0. The highest BCUT2D eigenvalue weighted by Crippen LogP contribution is 2.30. The fourth-order valence-electron chi connectivity index (χ4n) is 3.55. The van der Waals surface area contributed by atoms with Crippen molar-refractivity contribution in [2.45, 2.75) is 30.8 Å². The molecule has 27 heavy (non-hydrogen) atoms. The van der Waals surface area contributed by atoms with Gasteiger partial charge in [0, 0.05) is 37.1 Å². The van der Waals surface area contributed by atoms with E-state index in [9.17, 15) is 12.8 Å². The molecule has 1 fully saturated rings. The monoisotopic (exact) mass is 411 g/mol. The molecule has 2 heterocycles. The first kappa shape index (κ1) is 20.4. The van der Waals surface area contributed by atoms with Crippen LogP contribution in [0.4, 0.5) is 4.39 Å². The van der Waals surface area contributed by atoms with Gasteiger partial charge in [-0.2, -0.15) is 0 Å². The molecule has 5 nitrogen and oxygen atoms in total. The van der Waals surface area contributed by atoms with E-state index in [0.29, 0.717) is 0 Å². The quantitative estimate of drug-likeness (QED) is 0.761. The Bertz CT molecular complexity index is 817. The molecule has 0 saturated carbocycles. The summed E-state index contributed by atoms with van der Waals surface area (Å²) in [6.45, 7) is 8.86. The van der Waals surface area contributed by atoms with E-state index in [1.165, 1.54) is 24.3 Å². The molecule has 1 aliphatic rings. The average molecular weight is 412 g/mol. The molecule has 0 aliphatic carbocycles. The first-order valence-electron chi connectivity index (χ1n) is 9.18. The van der Waals surface area contributed by atoms with Crippen LogP contribution in [0.3, 0.4) is 0 Å². The zero-order valence-corrected chi connectivity index (χ0v) is 17.3. The second kappa shape index (κ2) is 8.79. The van der Waals surface area contributed by atoms with E-state index in [0.717, 1.165) is 37.6 Å². The third-order valence-corrected chi connectivity index (χ3v) is 7.54. The highest BCUT2D eigenvalue weighted by molar-refractivity contribution is 7.89. The normalized spacial score (nSPS) is 19.1. The summed E-state index contributed by atoms with van der Waals surface area (Å²) in [5.74, 6) is -0.452. The number of benzene rings is 1. The molecule has 2 aromatic rings. The summed E-state index contributed by atoms with van der Waals surface area (Å²) in [6.07, 6.45) is 0. The molecule has 3 rings (SSSR count). The van der Waals surface area contributed by atoms with Crippen molar-refractivity contribution in [2.24, 2.45) is 0 Å². The fraction of sp³-hybridized carbons (Fsp3) is 0.474. The molecule has 1 N–H and O–H groups in total. The molecular weight excluding hydrogens is 385 g/mol. The molecule has 0 spiro atoms. The fourth-order valence-corrected chi connectivity index (χ4v) is 5.76. The van der Waals surface area contributed by atoms with Crippen molar-refractivity contribution < 1.29 is 12.8 Å². The van der Waals surface area contributed by atoms with Gasteiger partial charge < -0.3 is 4.90 Å². The lowest BCUT2D eigenvalue weighted by molar-refractivity contribution is 0.0888. The maximum Gasteiger partial charge on any atom is 0.240 e. The number of hydrogen-bond donors (Lipinski definition) is 1. The van der Waals surface area contributed by atoms with E-state index in [-0.39, 0.29) is 17.0 Å². The summed E-state index contributed by atoms with van der Waals surface area (Å²) in [4.78, 5) is 5.98. The molecule has 2 atom stereocenters. The smallest absolute Gasteiger partial charge is 0.240 e. The molecule has 8 heteroatoms. The lowest BCUT2D eigenvalue weighted by Crippen LogP contribution is -2.52. The highest BCUT2D eigenvalue weighted by atomic mass is 32.2. The number of rotatable bonds is 7. The SMILES string of the molecule is CCN1CCN([C@@H](c2cccs2)[C@@H](C)NS(=O)(=O)c2ccc(F)cc2)CC1. The Kier molecular flexibility index (Phi) is 6.65. The average Bonchev–Trinajstić information content (AvgIpc) is 3.16. The number of hydrogen-bond acceptors (Lipinski definition) is 5. The van der Waals surface area contributed by atoms with Crippen molar-refractivity contribution in [1.29, 1.82) is 0 Å². The Hall–Kier alpha value is -1.32. The topological polar surface area (TPSA) is 52.6 Å². The van der Waals surface area contributed by atoms with Gasteiger partial charge in [0.1, 0.15) is 5.82 Å². The van der Waals surface area contributed by atoms with E-state index in [4.69, 9.17) is 0 Å². The molecule has 0 radical (unpaired) electrons. The van der Waals surface area contributed by atoms with E-state index in [1.807, 2.05) is 18.4 Å². The molecule has 0 amide bonds. The van der Waals surface area contributed by atoms with Crippen molar-refractivity contribution in [3.05, 3.63) is 52.5 Å². The van der Waals surface area contributed by atoms with E-state index < -0.39 is 15.8 Å². The second-order valence-electron chi connectivity index (χ2n) is 6.79. The van der Waals surface area contributed by atoms with Crippen molar-refractivity contribution in [3.63, 3.8) is 0 Å². The zero-order valence-electron chi connectivity index (χ0n) is 15.6. The van der Waals surface area contributed by atoms with Crippen LogP contribution in [0.15, 0.2) is 46.7 Å². The van der Waals surface area contributed by atoms with Crippen LogP contribution in [0.1, 0.15) is 24.8 Å². The Balaban J connectivity index is 1.79. The summed E-state index contributed by atoms with van der Waals surface area (Å²) in [5, 5.41) is 2.02. The maximum atomic E-state index is 13.1. The molecule has 1 aliphatic heterocycles. The lowest BCUT2D eigenvalue weighted by atomic mass is 10.1. The molecule has 0 bridgehead atoms. The number of likely N-dealkylation sites (N-methyl/N-ethyl adjacent to an activating group) is 1. The second-order valence-corrected chi connectivity index (χ2v) is 9.49. The van der Waals surface area contributed by atoms with Crippen LogP contribution >= 0.6 is 11.3 Å². The van der Waals surface area contributed by atoms with Gasteiger partial charge >= 0.3 is 0 Å². The Labute approximate surface area is 164 Å². The zero-order chi connectivity index (χ0) is 19.4. The maximum absolute atomic E-state index is 13.1. The standard InChI is InChI=1S/C19H26FN3O2S2/c1-3-22-10-12-23(13-11-22)19(18-5-4-14-26-18)15(2)21-27(24,25)17-8-6-16(20)7-9-17/h4-9,14-15,19,21H,3,10-13H2,1-2H3/t15-,19-/m1/s1. The van der Waals surface area contributed by atoms with Gasteiger partial charge in [0.25, 0.3) is 0 Å². The van der Waals surface area contributed by atoms with Crippen LogP contribution in [-0.4, -0.2) is 57.0 Å². The van der Waals surface area contributed by atoms with Gasteiger partial charge in [-0.15, -0.1) is 11.3 Å². The van der Waals surface area contributed by atoms with E-state index in [1.54, 1.807) is 11.3 Å². The van der Waals surface area contributed by atoms with Crippen molar-refractivity contribution in [2.75, 3.05) is 32.7 Å². The van der Waals surface area contributed by atoms with Gasteiger partial charge in [-0.3, -0.25) is 4.90 Å². The van der Waals surface area contributed by atoms with Gasteiger partial charge in [-0.1, -0.05) is 13.0 Å². The molecule has 148 valence electrons.